The normalized spacial score (nSPS) is 38.2. The third-order valence-electron chi connectivity index (χ3n) is 3.98. The highest BCUT2D eigenvalue weighted by molar-refractivity contribution is 6.30. The smallest absolute Gasteiger partial charge is 0.0946 e. The van der Waals surface area contributed by atoms with E-state index in [-0.39, 0.29) is 11.6 Å². The Balaban J connectivity index is 1.81. The van der Waals surface area contributed by atoms with E-state index in [4.69, 9.17) is 11.6 Å². The zero-order chi connectivity index (χ0) is 11.3. The summed E-state index contributed by atoms with van der Waals surface area (Å²) in [6.07, 6.45) is 1.94. The minimum atomic E-state index is -0.437. The van der Waals surface area contributed by atoms with Gasteiger partial charge in [0.15, 0.2) is 0 Å². The van der Waals surface area contributed by atoms with Crippen molar-refractivity contribution in [3.8, 4) is 0 Å². The Hall–Kier alpha value is -0.570. The Morgan fingerprint density at radius 3 is 2.81 bits per heavy atom. The molecule has 2 saturated heterocycles. The number of aliphatic hydroxyl groups is 1. The van der Waals surface area contributed by atoms with Gasteiger partial charge in [0.1, 0.15) is 0 Å². The number of hydrogen-bond donors (Lipinski definition) is 2. The fourth-order valence-corrected chi connectivity index (χ4v) is 3.42. The van der Waals surface area contributed by atoms with Gasteiger partial charge in [0.05, 0.1) is 6.10 Å². The molecule has 1 aromatic carbocycles. The number of halogens is 1. The van der Waals surface area contributed by atoms with Crippen molar-refractivity contribution in [1.29, 1.82) is 0 Å². The van der Waals surface area contributed by atoms with Gasteiger partial charge in [0.25, 0.3) is 0 Å². The molecule has 1 saturated carbocycles. The second kappa shape index (κ2) is 3.46. The summed E-state index contributed by atoms with van der Waals surface area (Å²) in [6.45, 7) is 2.23. The van der Waals surface area contributed by atoms with Crippen LogP contribution in [-0.4, -0.2) is 16.7 Å². The molecule has 3 heteroatoms. The van der Waals surface area contributed by atoms with Crippen LogP contribution in [0.2, 0.25) is 5.02 Å². The monoisotopic (exact) mass is 237 g/mol. The summed E-state index contributed by atoms with van der Waals surface area (Å²) < 4.78 is 0. The molecule has 2 nitrogen and oxygen atoms in total. The Labute approximate surface area is 101 Å². The van der Waals surface area contributed by atoms with Crippen molar-refractivity contribution in [1.82, 2.24) is 5.32 Å². The highest BCUT2D eigenvalue weighted by atomic mass is 35.5. The summed E-state index contributed by atoms with van der Waals surface area (Å²) in [6, 6.07) is 7.72. The van der Waals surface area contributed by atoms with Gasteiger partial charge in [0, 0.05) is 16.6 Å². The topological polar surface area (TPSA) is 32.3 Å². The van der Waals surface area contributed by atoms with Gasteiger partial charge in [0.2, 0.25) is 0 Å². The first kappa shape index (κ1) is 10.6. The van der Waals surface area contributed by atoms with Crippen LogP contribution in [0.15, 0.2) is 24.3 Å². The van der Waals surface area contributed by atoms with E-state index in [0.717, 1.165) is 5.56 Å². The average molecular weight is 238 g/mol. The fourth-order valence-electron chi connectivity index (χ4n) is 3.22. The van der Waals surface area contributed by atoms with Gasteiger partial charge in [-0.1, -0.05) is 23.7 Å². The fraction of sp³-hybridized carbons (Fsp3) is 0.538. The lowest BCUT2D eigenvalue weighted by molar-refractivity contribution is 0.121. The lowest BCUT2D eigenvalue weighted by atomic mass is 9.72. The van der Waals surface area contributed by atoms with Crippen LogP contribution in [0.3, 0.4) is 0 Å². The van der Waals surface area contributed by atoms with Gasteiger partial charge in [-0.3, -0.25) is 0 Å². The molecule has 2 aliphatic heterocycles. The van der Waals surface area contributed by atoms with Crippen LogP contribution in [0.1, 0.15) is 31.4 Å². The molecule has 3 fully saturated rings. The lowest BCUT2D eigenvalue weighted by Crippen LogP contribution is -2.40. The molecule has 4 rings (SSSR count). The second-order valence-corrected chi connectivity index (χ2v) is 5.84. The number of benzene rings is 1. The van der Waals surface area contributed by atoms with E-state index >= 15 is 0 Å². The van der Waals surface area contributed by atoms with Crippen molar-refractivity contribution < 1.29 is 5.11 Å². The standard InChI is InChI=1S/C13H16ClNO/c1-13-6-9(7-13)11(15-13)12(16)8-3-2-4-10(14)5-8/h2-5,9,11-12,15-16H,6-7H2,1H3/t9?,11-,12?,13?/m1/s1. The van der Waals surface area contributed by atoms with Crippen LogP contribution in [0, 0.1) is 5.92 Å². The van der Waals surface area contributed by atoms with E-state index in [1.54, 1.807) is 0 Å². The Bertz CT molecular complexity index is 414. The zero-order valence-corrected chi connectivity index (χ0v) is 10.0. The maximum atomic E-state index is 10.3. The van der Waals surface area contributed by atoms with Crippen LogP contribution in [0.4, 0.5) is 0 Å². The first-order chi connectivity index (χ1) is 7.57. The van der Waals surface area contributed by atoms with Crippen molar-refractivity contribution in [2.45, 2.75) is 37.5 Å². The number of aliphatic hydroxyl groups excluding tert-OH is 1. The number of fused-ring (bicyclic) bond motifs is 1. The molecule has 1 aromatic rings. The third-order valence-corrected chi connectivity index (χ3v) is 4.21. The summed E-state index contributed by atoms with van der Waals surface area (Å²) in [7, 11) is 0. The van der Waals surface area contributed by atoms with Crippen molar-refractivity contribution >= 4 is 11.6 Å². The zero-order valence-electron chi connectivity index (χ0n) is 9.28. The molecular formula is C13H16ClNO. The highest BCUT2D eigenvalue weighted by Crippen LogP contribution is 2.50. The highest BCUT2D eigenvalue weighted by Gasteiger charge is 2.54. The molecule has 0 amide bonds. The van der Waals surface area contributed by atoms with Crippen LogP contribution in [0.5, 0.6) is 0 Å². The molecule has 1 unspecified atom stereocenters. The molecule has 0 radical (unpaired) electrons. The summed E-state index contributed by atoms with van der Waals surface area (Å²) in [5.41, 5.74) is 1.19. The van der Waals surface area contributed by atoms with Crippen LogP contribution in [0.25, 0.3) is 0 Å². The summed E-state index contributed by atoms with van der Waals surface area (Å²) in [4.78, 5) is 0. The van der Waals surface area contributed by atoms with E-state index < -0.39 is 6.10 Å². The van der Waals surface area contributed by atoms with Crippen molar-refractivity contribution in [3.63, 3.8) is 0 Å². The van der Waals surface area contributed by atoms with Crippen molar-refractivity contribution in [2.24, 2.45) is 5.92 Å². The SMILES string of the molecule is CC12CC(C1)[C@H](C(O)c1cccc(Cl)c1)N2. The van der Waals surface area contributed by atoms with Gasteiger partial charge in [-0.2, -0.15) is 0 Å². The molecule has 2 atom stereocenters. The molecule has 1 aliphatic carbocycles. The predicted octanol–water partition coefficient (Wildman–Crippen LogP) is 2.51. The van der Waals surface area contributed by atoms with Crippen LogP contribution in [-0.2, 0) is 0 Å². The molecule has 0 spiro atoms. The maximum absolute atomic E-state index is 10.3. The number of rotatable bonds is 2. The van der Waals surface area contributed by atoms with Crippen LogP contribution >= 0.6 is 11.6 Å². The molecule has 3 aliphatic rings. The number of nitrogens with one attached hydrogen (secondary N) is 1. The minimum Gasteiger partial charge on any atom is -0.387 e. The quantitative estimate of drug-likeness (QED) is 0.829. The van der Waals surface area contributed by atoms with E-state index in [1.807, 2.05) is 24.3 Å². The van der Waals surface area contributed by atoms with Crippen molar-refractivity contribution in [3.05, 3.63) is 34.9 Å². The number of hydrogen-bond acceptors (Lipinski definition) is 2. The summed E-state index contributed by atoms with van der Waals surface area (Å²) >= 11 is 5.94. The van der Waals surface area contributed by atoms with E-state index in [2.05, 4.69) is 12.2 Å². The minimum absolute atomic E-state index is 0.198. The van der Waals surface area contributed by atoms with E-state index in [0.29, 0.717) is 10.9 Å². The largest absolute Gasteiger partial charge is 0.387 e. The first-order valence-corrected chi connectivity index (χ1v) is 6.16. The molecular weight excluding hydrogens is 222 g/mol. The third kappa shape index (κ3) is 1.56. The van der Waals surface area contributed by atoms with Gasteiger partial charge >= 0.3 is 0 Å². The summed E-state index contributed by atoms with van der Waals surface area (Å²) in [5.74, 6) is 0.624. The van der Waals surface area contributed by atoms with Gasteiger partial charge in [-0.25, -0.2) is 0 Å². The van der Waals surface area contributed by atoms with Gasteiger partial charge in [-0.15, -0.1) is 0 Å². The average Bonchev–Trinajstić information content (AvgIpc) is 2.70. The second-order valence-electron chi connectivity index (χ2n) is 5.40. The van der Waals surface area contributed by atoms with E-state index in [9.17, 15) is 5.11 Å². The van der Waals surface area contributed by atoms with Crippen molar-refractivity contribution in [2.75, 3.05) is 0 Å². The predicted molar refractivity (Wildman–Crippen MR) is 64.5 cm³/mol. The first-order valence-electron chi connectivity index (χ1n) is 5.79. The molecule has 2 heterocycles. The lowest BCUT2D eigenvalue weighted by Gasteiger charge is -2.33. The molecule has 2 bridgehead atoms. The van der Waals surface area contributed by atoms with Gasteiger partial charge in [-0.05, 0) is 43.4 Å². The Kier molecular flexibility index (Phi) is 2.29. The molecule has 86 valence electrons. The maximum Gasteiger partial charge on any atom is 0.0946 e. The van der Waals surface area contributed by atoms with E-state index in [1.165, 1.54) is 12.8 Å². The summed E-state index contributed by atoms with van der Waals surface area (Å²) in [5, 5.41) is 14.6. The Morgan fingerprint density at radius 1 is 1.50 bits per heavy atom. The molecule has 0 aromatic heterocycles. The Morgan fingerprint density at radius 2 is 2.25 bits per heavy atom. The molecule has 16 heavy (non-hydrogen) atoms. The van der Waals surface area contributed by atoms with Gasteiger partial charge < -0.3 is 10.4 Å². The van der Waals surface area contributed by atoms with Crippen LogP contribution < -0.4 is 5.32 Å². The molecule has 2 N–H and O–H groups in total.